The van der Waals surface area contributed by atoms with Crippen LogP contribution in [-0.2, 0) is 12.8 Å². The summed E-state index contributed by atoms with van der Waals surface area (Å²) in [6, 6.07) is 7.89. The highest BCUT2D eigenvalue weighted by Gasteiger charge is 2.05. The lowest BCUT2D eigenvalue weighted by atomic mass is 10.2. The Kier molecular flexibility index (Phi) is 5.76. The molecule has 19 heavy (non-hydrogen) atoms. The predicted molar refractivity (Wildman–Crippen MR) is 81.0 cm³/mol. The minimum atomic E-state index is 0.769. The van der Waals surface area contributed by atoms with E-state index in [0.29, 0.717) is 0 Å². The number of halogens is 1. The number of aromatic nitrogens is 2. The summed E-state index contributed by atoms with van der Waals surface area (Å²) in [7, 11) is 0. The van der Waals surface area contributed by atoms with Crippen LogP contribution in [0, 0.1) is 0 Å². The van der Waals surface area contributed by atoms with Gasteiger partial charge in [-0.15, -0.1) is 21.5 Å². The van der Waals surface area contributed by atoms with Crippen LogP contribution in [0.15, 0.2) is 24.3 Å². The molecule has 102 valence electrons. The summed E-state index contributed by atoms with van der Waals surface area (Å²) >= 11 is 7.66. The monoisotopic (exact) mass is 295 g/mol. The molecule has 0 radical (unpaired) electrons. The highest BCUT2D eigenvalue weighted by molar-refractivity contribution is 7.11. The molecule has 0 spiro atoms. The van der Waals surface area contributed by atoms with Gasteiger partial charge in [-0.25, -0.2) is 0 Å². The fourth-order valence-corrected chi connectivity index (χ4v) is 2.87. The first kappa shape index (κ1) is 14.4. The largest absolute Gasteiger partial charge is 0.316 e. The Hall–Kier alpha value is -0.970. The zero-order chi connectivity index (χ0) is 13.5. The van der Waals surface area contributed by atoms with Crippen molar-refractivity contribution < 1.29 is 0 Å². The van der Waals surface area contributed by atoms with Gasteiger partial charge in [0.25, 0.3) is 0 Å². The van der Waals surface area contributed by atoms with Crippen LogP contribution in [0.3, 0.4) is 0 Å². The molecule has 1 heterocycles. The number of nitrogens with zero attached hydrogens (tertiary/aromatic N) is 2. The van der Waals surface area contributed by atoms with Crippen LogP contribution in [0.2, 0.25) is 5.02 Å². The molecule has 0 bridgehead atoms. The number of hydrogen-bond acceptors (Lipinski definition) is 4. The van der Waals surface area contributed by atoms with Gasteiger partial charge in [0.15, 0.2) is 0 Å². The number of nitrogens with one attached hydrogen (secondary N) is 1. The molecule has 0 aliphatic heterocycles. The Balaban J connectivity index is 1.87. The SMILES string of the molecule is CCCNCCc1nnc(Cc2cccc(Cl)c2)s1. The molecule has 0 unspecified atom stereocenters. The van der Waals surface area contributed by atoms with Gasteiger partial charge in [-0.3, -0.25) is 0 Å². The summed E-state index contributed by atoms with van der Waals surface area (Å²) in [5.74, 6) is 0. The van der Waals surface area contributed by atoms with Gasteiger partial charge in [-0.2, -0.15) is 0 Å². The summed E-state index contributed by atoms with van der Waals surface area (Å²) in [6.07, 6.45) is 2.92. The molecular weight excluding hydrogens is 278 g/mol. The summed E-state index contributed by atoms with van der Waals surface area (Å²) in [5, 5.41) is 14.8. The maximum atomic E-state index is 5.97. The molecule has 0 aliphatic rings. The van der Waals surface area contributed by atoms with Crippen molar-refractivity contribution in [3.63, 3.8) is 0 Å². The van der Waals surface area contributed by atoms with E-state index in [1.807, 2.05) is 18.2 Å². The number of benzene rings is 1. The van der Waals surface area contributed by atoms with Crippen molar-refractivity contribution in [3.05, 3.63) is 44.9 Å². The number of hydrogen-bond donors (Lipinski definition) is 1. The van der Waals surface area contributed by atoms with Gasteiger partial charge in [0.1, 0.15) is 10.0 Å². The van der Waals surface area contributed by atoms with Crippen molar-refractivity contribution in [1.29, 1.82) is 0 Å². The summed E-state index contributed by atoms with van der Waals surface area (Å²) in [5.41, 5.74) is 1.18. The predicted octanol–water partition coefficient (Wildman–Crippen LogP) is 3.32. The molecule has 3 nitrogen and oxygen atoms in total. The van der Waals surface area contributed by atoms with E-state index >= 15 is 0 Å². The Labute approximate surface area is 123 Å². The van der Waals surface area contributed by atoms with E-state index in [2.05, 4.69) is 28.5 Å². The molecule has 1 N–H and O–H groups in total. The molecule has 2 rings (SSSR count). The van der Waals surface area contributed by atoms with Crippen LogP contribution in [0.25, 0.3) is 0 Å². The van der Waals surface area contributed by atoms with Crippen LogP contribution in [0.1, 0.15) is 28.9 Å². The van der Waals surface area contributed by atoms with Gasteiger partial charge in [0, 0.05) is 24.4 Å². The van der Waals surface area contributed by atoms with Gasteiger partial charge >= 0.3 is 0 Å². The lowest BCUT2D eigenvalue weighted by Crippen LogP contribution is -2.17. The minimum Gasteiger partial charge on any atom is -0.316 e. The van der Waals surface area contributed by atoms with Crippen LogP contribution >= 0.6 is 22.9 Å². The third kappa shape index (κ3) is 4.90. The maximum Gasteiger partial charge on any atom is 0.121 e. The highest BCUT2D eigenvalue weighted by atomic mass is 35.5. The van der Waals surface area contributed by atoms with Gasteiger partial charge in [0.2, 0.25) is 0 Å². The van der Waals surface area contributed by atoms with Crippen LogP contribution in [0.4, 0.5) is 0 Å². The average Bonchev–Trinajstić information content (AvgIpc) is 2.82. The van der Waals surface area contributed by atoms with Gasteiger partial charge < -0.3 is 5.32 Å². The lowest BCUT2D eigenvalue weighted by Gasteiger charge is -1.99. The summed E-state index contributed by atoms with van der Waals surface area (Å²) in [4.78, 5) is 0. The van der Waals surface area contributed by atoms with Crippen molar-refractivity contribution >= 4 is 22.9 Å². The topological polar surface area (TPSA) is 37.8 Å². The zero-order valence-electron chi connectivity index (χ0n) is 11.0. The Morgan fingerprint density at radius 3 is 2.84 bits per heavy atom. The zero-order valence-corrected chi connectivity index (χ0v) is 12.6. The molecule has 2 aromatic rings. The fraction of sp³-hybridized carbons (Fsp3) is 0.429. The second-order valence-corrected chi connectivity index (χ2v) is 5.98. The molecular formula is C14H18ClN3S. The van der Waals surface area contributed by atoms with E-state index in [4.69, 9.17) is 11.6 Å². The lowest BCUT2D eigenvalue weighted by molar-refractivity contribution is 0.667. The van der Waals surface area contributed by atoms with Crippen LogP contribution in [0.5, 0.6) is 0 Å². The van der Waals surface area contributed by atoms with Gasteiger partial charge in [-0.1, -0.05) is 30.7 Å². The molecule has 5 heteroatoms. The Morgan fingerprint density at radius 2 is 2.05 bits per heavy atom. The second-order valence-electron chi connectivity index (χ2n) is 4.40. The van der Waals surface area contributed by atoms with E-state index in [-0.39, 0.29) is 0 Å². The first-order chi connectivity index (χ1) is 9.28. The average molecular weight is 296 g/mol. The molecule has 1 aromatic carbocycles. The van der Waals surface area contributed by atoms with Gasteiger partial charge in [-0.05, 0) is 30.7 Å². The molecule has 1 aromatic heterocycles. The summed E-state index contributed by atoms with van der Waals surface area (Å²) in [6.45, 7) is 4.20. The smallest absolute Gasteiger partial charge is 0.121 e. The third-order valence-corrected chi connectivity index (χ3v) is 3.91. The van der Waals surface area contributed by atoms with E-state index < -0.39 is 0 Å². The van der Waals surface area contributed by atoms with E-state index in [1.165, 1.54) is 5.56 Å². The molecule has 0 aliphatic carbocycles. The Morgan fingerprint density at radius 1 is 1.21 bits per heavy atom. The van der Waals surface area contributed by atoms with E-state index in [9.17, 15) is 0 Å². The van der Waals surface area contributed by atoms with Crippen molar-refractivity contribution in [3.8, 4) is 0 Å². The third-order valence-electron chi connectivity index (χ3n) is 2.70. The van der Waals surface area contributed by atoms with E-state index in [1.54, 1.807) is 11.3 Å². The van der Waals surface area contributed by atoms with Crippen molar-refractivity contribution in [2.45, 2.75) is 26.2 Å². The highest BCUT2D eigenvalue weighted by Crippen LogP contribution is 2.17. The van der Waals surface area contributed by atoms with Crippen molar-refractivity contribution in [2.75, 3.05) is 13.1 Å². The first-order valence-electron chi connectivity index (χ1n) is 6.54. The summed E-state index contributed by atoms with van der Waals surface area (Å²) < 4.78 is 0. The van der Waals surface area contributed by atoms with Gasteiger partial charge in [0.05, 0.1) is 0 Å². The van der Waals surface area contributed by atoms with Crippen LogP contribution < -0.4 is 5.32 Å². The molecule has 0 fully saturated rings. The molecule has 0 saturated heterocycles. The van der Waals surface area contributed by atoms with Crippen molar-refractivity contribution in [1.82, 2.24) is 15.5 Å². The second kappa shape index (κ2) is 7.58. The van der Waals surface area contributed by atoms with Crippen molar-refractivity contribution in [2.24, 2.45) is 0 Å². The molecule has 0 amide bonds. The number of rotatable bonds is 7. The van der Waals surface area contributed by atoms with E-state index in [0.717, 1.165) is 47.4 Å². The standard InChI is InChI=1S/C14H18ClN3S/c1-2-7-16-8-6-13-17-18-14(19-13)10-11-4-3-5-12(15)9-11/h3-5,9,16H,2,6-8,10H2,1H3. The fourth-order valence-electron chi connectivity index (χ4n) is 1.78. The first-order valence-corrected chi connectivity index (χ1v) is 7.74. The quantitative estimate of drug-likeness (QED) is 0.796. The normalized spacial score (nSPS) is 10.8. The van der Waals surface area contributed by atoms with Crippen LogP contribution in [-0.4, -0.2) is 23.3 Å². The minimum absolute atomic E-state index is 0.769. The molecule has 0 saturated carbocycles. The molecule has 0 atom stereocenters. The maximum absolute atomic E-state index is 5.97. The Bertz CT molecular complexity index is 513.